The normalized spacial score (nSPS) is 11.7. The number of rotatable bonds is 6. The molecule has 1 N–H and O–H groups in total. The highest BCUT2D eigenvalue weighted by molar-refractivity contribution is 6.17. The van der Waals surface area contributed by atoms with E-state index in [0.29, 0.717) is 30.8 Å². The van der Waals surface area contributed by atoms with Crippen LogP contribution in [0.2, 0.25) is 0 Å². The van der Waals surface area contributed by atoms with Crippen LogP contribution in [0.1, 0.15) is 19.7 Å². The molecule has 5 nitrogen and oxygen atoms in total. The number of ether oxygens (including phenoxy) is 1. The molecule has 6 heteroatoms. The number of aromatic nitrogens is 2. The number of halogens is 1. The molecule has 0 spiro atoms. The van der Waals surface area contributed by atoms with Crippen molar-refractivity contribution in [2.75, 3.05) is 24.9 Å². The van der Waals surface area contributed by atoms with E-state index in [1.807, 2.05) is 13.8 Å². The second-order valence-electron chi connectivity index (χ2n) is 3.76. The van der Waals surface area contributed by atoms with Crippen LogP contribution in [0.4, 0.5) is 6.01 Å². The molecular weight excluding hydrogens is 218 g/mol. The number of methoxy groups -OCH3 is 1. The molecule has 1 aromatic heterocycles. The van der Waals surface area contributed by atoms with Gasteiger partial charge in [0.05, 0.1) is 5.60 Å². The Kier molecular flexibility index (Phi) is 4.35. The molecule has 0 aliphatic rings. The Morgan fingerprint density at radius 1 is 1.47 bits per heavy atom. The third kappa shape index (κ3) is 4.05. The summed E-state index contributed by atoms with van der Waals surface area (Å²) in [5.74, 6) is 1.02. The molecule has 0 bridgehead atoms. The van der Waals surface area contributed by atoms with E-state index >= 15 is 0 Å². The van der Waals surface area contributed by atoms with Gasteiger partial charge in [-0.2, -0.15) is 0 Å². The third-order valence-corrected chi connectivity index (χ3v) is 2.18. The van der Waals surface area contributed by atoms with Crippen LogP contribution in [0.15, 0.2) is 4.42 Å². The van der Waals surface area contributed by atoms with E-state index in [1.54, 1.807) is 7.11 Å². The molecule has 0 saturated carbocycles. The van der Waals surface area contributed by atoms with Gasteiger partial charge in [-0.1, -0.05) is 5.10 Å². The van der Waals surface area contributed by atoms with Crippen molar-refractivity contribution in [1.82, 2.24) is 10.2 Å². The van der Waals surface area contributed by atoms with E-state index in [0.717, 1.165) is 0 Å². The number of aryl methyl sites for hydroxylation is 1. The van der Waals surface area contributed by atoms with Gasteiger partial charge in [0.1, 0.15) is 0 Å². The lowest BCUT2D eigenvalue weighted by atomic mass is 10.1. The SMILES string of the molecule is COC(C)(C)CNc1nnc(CCCl)o1. The summed E-state index contributed by atoms with van der Waals surface area (Å²) in [4.78, 5) is 0. The summed E-state index contributed by atoms with van der Waals surface area (Å²) in [6.07, 6.45) is 0.587. The Hall–Kier alpha value is -0.810. The molecule has 0 atom stereocenters. The van der Waals surface area contributed by atoms with E-state index < -0.39 is 0 Å². The molecule has 15 heavy (non-hydrogen) atoms. The van der Waals surface area contributed by atoms with Crippen molar-refractivity contribution < 1.29 is 9.15 Å². The molecule has 86 valence electrons. The standard InChI is InChI=1S/C9H16ClN3O2/c1-9(2,14-3)6-11-8-13-12-7(15-8)4-5-10/h4-6H2,1-3H3,(H,11,13). The summed E-state index contributed by atoms with van der Waals surface area (Å²) >= 11 is 5.55. The van der Waals surface area contributed by atoms with Gasteiger partial charge >= 0.3 is 6.01 Å². The number of nitrogens with one attached hydrogen (secondary N) is 1. The monoisotopic (exact) mass is 233 g/mol. The first-order chi connectivity index (χ1) is 7.07. The first-order valence-corrected chi connectivity index (χ1v) is 5.28. The lowest BCUT2D eigenvalue weighted by Crippen LogP contribution is -2.32. The number of anilines is 1. The fraction of sp³-hybridized carbons (Fsp3) is 0.778. The molecule has 0 aliphatic heterocycles. The highest BCUT2D eigenvalue weighted by Gasteiger charge is 2.17. The number of alkyl halides is 1. The Balaban J connectivity index is 2.44. The van der Waals surface area contributed by atoms with E-state index in [1.165, 1.54) is 0 Å². The molecule has 1 rings (SSSR count). The van der Waals surface area contributed by atoms with Crippen molar-refractivity contribution >= 4 is 17.6 Å². The predicted molar refractivity (Wildman–Crippen MR) is 58.3 cm³/mol. The van der Waals surface area contributed by atoms with Gasteiger partial charge in [0, 0.05) is 26.0 Å². The Bertz CT molecular complexity index is 301. The second-order valence-corrected chi connectivity index (χ2v) is 4.14. The number of hydrogen-bond acceptors (Lipinski definition) is 5. The summed E-state index contributed by atoms with van der Waals surface area (Å²) < 4.78 is 10.5. The first-order valence-electron chi connectivity index (χ1n) is 4.75. The van der Waals surface area contributed by atoms with E-state index in [-0.39, 0.29) is 5.60 Å². The Morgan fingerprint density at radius 2 is 2.20 bits per heavy atom. The smallest absolute Gasteiger partial charge is 0.315 e. The van der Waals surface area contributed by atoms with Crippen LogP contribution in [0.25, 0.3) is 0 Å². The summed E-state index contributed by atoms with van der Waals surface area (Å²) in [6, 6.07) is 0.403. The van der Waals surface area contributed by atoms with Crippen LogP contribution < -0.4 is 5.32 Å². The van der Waals surface area contributed by atoms with Crippen molar-refractivity contribution in [2.45, 2.75) is 25.9 Å². The van der Waals surface area contributed by atoms with Crippen LogP contribution in [-0.4, -0.2) is 35.3 Å². The topological polar surface area (TPSA) is 60.2 Å². The van der Waals surface area contributed by atoms with Gasteiger partial charge in [-0.15, -0.1) is 16.7 Å². The molecule has 1 heterocycles. The summed E-state index contributed by atoms with van der Waals surface area (Å²) in [7, 11) is 1.66. The van der Waals surface area contributed by atoms with Gasteiger partial charge in [-0.3, -0.25) is 0 Å². The molecule has 1 aromatic rings. The van der Waals surface area contributed by atoms with Crippen LogP contribution in [0.5, 0.6) is 0 Å². The van der Waals surface area contributed by atoms with Gasteiger partial charge in [0.25, 0.3) is 0 Å². The Morgan fingerprint density at radius 3 is 2.80 bits per heavy atom. The predicted octanol–water partition coefficient (Wildman–Crippen LogP) is 1.69. The minimum atomic E-state index is -0.263. The molecule has 0 aromatic carbocycles. The fourth-order valence-electron chi connectivity index (χ4n) is 0.868. The zero-order valence-corrected chi connectivity index (χ0v) is 9.97. The number of hydrogen-bond donors (Lipinski definition) is 1. The highest BCUT2D eigenvalue weighted by atomic mass is 35.5. The van der Waals surface area contributed by atoms with E-state index in [4.69, 9.17) is 20.8 Å². The van der Waals surface area contributed by atoms with Crippen molar-refractivity contribution in [3.63, 3.8) is 0 Å². The summed E-state index contributed by atoms with van der Waals surface area (Å²) in [6.45, 7) is 4.54. The molecule has 0 aliphatic carbocycles. The summed E-state index contributed by atoms with van der Waals surface area (Å²) in [5.41, 5.74) is -0.263. The minimum Gasteiger partial charge on any atom is -0.408 e. The molecule has 0 radical (unpaired) electrons. The maximum atomic E-state index is 5.55. The molecule has 0 unspecified atom stereocenters. The lowest BCUT2D eigenvalue weighted by molar-refractivity contribution is 0.0339. The van der Waals surface area contributed by atoms with Crippen LogP contribution >= 0.6 is 11.6 Å². The van der Waals surface area contributed by atoms with Gasteiger partial charge in [-0.05, 0) is 13.8 Å². The molecule has 0 amide bonds. The average Bonchev–Trinajstić information content (AvgIpc) is 2.64. The number of nitrogens with zero attached hydrogens (tertiary/aromatic N) is 2. The maximum absolute atomic E-state index is 5.55. The van der Waals surface area contributed by atoms with Crippen molar-refractivity contribution in [3.05, 3.63) is 5.89 Å². The van der Waals surface area contributed by atoms with Crippen molar-refractivity contribution in [2.24, 2.45) is 0 Å². The van der Waals surface area contributed by atoms with Crippen LogP contribution in [0, 0.1) is 0 Å². The minimum absolute atomic E-state index is 0.263. The zero-order valence-electron chi connectivity index (χ0n) is 9.21. The van der Waals surface area contributed by atoms with E-state index in [2.05, 4.69) is 15.5 Å². The van der Waals surface area contributed by atoms with Gasteiger partial charge < -0.3 is 14.5 Å². The summed E-state index contributed by atoms with van der Waals surface area (Å²) in [5, 5.41) is 10.7. The zero-order chi connectivity index (χ0) is 11.3. The average molecular weight is 234 g/mol. The molecule has 0 saturated heterocycles. The molecule has 0 fully saturated rings. The van der Waals surface area contributed by atoms with Crippen molar-refractivity contribution in [3.8, 4) is 0 Å². The second kappa shape index (κ2) is 5.32. The molecular formula is C9H16ClN3O2. The van der Waals surface area contributed by atoms with Crippen molar-refractivity contribution in [1.29, 1.82) is 0 Å². The first kappa shape index (κ1) is 12.3. The van der Waals surface area contributed by atoms with Gasteiger partial charge in [0.2, 0.25) is 5.89 Å². The maximum Gasteiger partial charge on any atom is 0.315 e. The van der Waals surface area contributed by atoms with Gasteiger partial charge in [-0.25, -0.2) is 0 Å². The highest BCUT2D eigenvalue weighted by Crippen LogP contribution is 2.11. The largest absolute Gasteiger partial charge is 0.408 e. The van der Waals surface area contributed by atoms with Gasteiger partial charge in [0.15, 0.2) is 0 Å². The quantitative estimate of drug-likeness (QED) is 0.758. The van der Waals surface area contributed by atoms with Crippen LogP contribution in [-0.2, 0) is 11.2 Å². The van der Waals surface area contributed by atoms with Crippen LogP contribution in [0.3, 0.4) is 0 Å². The third-order valence-electron chi connectivity index (χ3n) is 1.99. The lowest BCUT2D eigenvalue weighted by Gasteiger charge is -2.22. The van der Waals surface area contributed by atoms with E-state index in [9.17, 15) is 0 Å². The Labute approximate surface area is 94.2 Å². The fourth-order valence-corrected chi connectivity index (χ4v) is 1.03.